The highest BCUT2D eigenvalue weighted by Crippen LogP contribution is 2.34. The van der Waals surface area contributed by atoms with Gasteiger partial charge < -0.3 is 9.64 Å². The van der Waals surface area contributed by atoms with Crippen LogP contribution in [0.15, 0.2) is 42.6 Å². The molecule has 4 nitrogen and oxygen atoms in total. The molecule has 1 fully saturated rings. The molecule has 0 amide bonds. The van der Waals surface area contributed by atoms with Crippen molar-refractivity contribution in [3.05, 3.63) is 53.9 Å². The molecular weight excluding hydrogens is 298 g/mol. The fourth-order valence-electron chi connectivity index (χ4n) is 3.37. The minimum absolute atomic E-state index is 0.485. The first kappa shape index (κ1) is 16.8. The molecule has 0 aliphatic carbocycles. The van der Waals surface area contributed by atoms with E-state index in [0.717, 1.165) is 24.5 Å². The van der Waals surface area contributed by atoms with E-state index in [1.807, 2.05) is 19.2 Å². The summed E-state index contributed by atoms with van der Waals surface area (Å²) in [6.07, 6.45) is 4.29. The first-order valence-corrected chi connectivity index (χ1v) is 8.76. The van der Waals surface area contributed by atoms with Gasteiger partial charge in [0, 0.05) is 32.4 Å². The van der Waals surface area contributed by atoms with Crippen molar-refractivity contribution in [2.75, 3.05) is 32.1 Å². The highest BCUT2D eigenvalue weighted by atomic mass is 16.5. The van der Waals surface area contributed by atoms with E-state index in [2.05, 4.69) is 59.2 Å². The maximum Gasteiger partial charge on any atom is 0.137 e. The Morgan fingerprint density at radius 1 is 1.25 bits per heavy atom. The predicted octanol–water partition coefficient (Wildman–Crippen LogP) is 3.88. The summed E-state index contributed by atoms with van der Waals surface area (Å²) < 4.78 is 5.48. The highest BCUT2D eigenvalue weighted by molar-refractivity contribution is 5.48. The number of hydrogen-bond donors (Lipinski definition) is 0. The molecule has 0 radical (unpaired) electrons. The van der Waals surface area contributed by atoms with Crippen molar-refractivity contribution >= 4 is 5.69 Å². The Morgan fingerprint density at radius 3 is 2.83 bits per heavy atom. The van der Waals surface area contributed by atoms with Crippen LogP contribution in [0.5, 0.6) is 5.75 Å². The summed E-state index contributed by atoms with van der Waals surface area (Å²) in [4.78, 5) is 9.26. The minimum Gasteiger partial charge on any atom is -0.492 e. The van der Waals surface area contributed by atoms with Crippen molar-refractivity contribution in [3.63, 3.8) is 0 Å². The van der Waals surface area contributed by atoms with Crippen LogP contribution in [-0.2, 0) is 6.54 Å². The molecule has 2 heterocycles. The number of likely N-dealkylation sites (tertiary alicyclic amines) is 1. The maximum atomic E-state index is 5.48. The summed E-state index contributed by atoms with van der Waals surface area (Å²) in [5.74, 6) is 0.845. The minimum atomic E-state index is 0.485. The van der Waals surface area contributed by atoms with Gasteiger partial charge in [-0.15, -0.1) is 0 Å². The normalized spacial score (nSPS) is 17.9. The molecule has 0 spiro atoms. The molecule has 1 aromatic heterocycles. The highest BCUT2D eigenvalue weighted by Gasteiger charge is 2.26. The number of pyridine rings is 1. The Kier molecular flexibility index (Phi) is 5.36. The van der Waals surface area contributed by atoms with Crippen LogP contribution in [0.4, 0.5) is 5.69 Å². The molecule has 1 aliphatic heterocycles. The first-order valence-electron chi connectivity index (χ1n) is 8.76. The van der Waals surface area contributed by atoms with E-state index in [-0.39, 0.29) is 0 Å². The molecule has 0 saturated carbocycles. The lowest BCUT2D eigenvalue weighted by molar-refractivity contribution is 0.245. The zero-order valence-corrected chi connectivity index (χ0v) is 14.9. The van der Waals surface area contributed by atoms with Crippen molar-refractivity contribution in [2.45, 2.75) is 32.4 Å². The lowest BCUT2D eigenvalue weighted by Crippen LogP contribution is -2.23. The van der Waals surface area contributed by atoms with Crippen molar-refractivity contribution in [1.82, 2.24) is 9.88 Å². The molecule has 2 aromatic rings. The quantitative estimate of drug-likeness (QED) is 0.806. The van der Waals surface area contributed by atoms with E-state index in [0.29, 0.717) is 12.6 Å². The Balaban J connectivity index is 1.72. The predicted molar refractivity (Wildman–Crippen MR) is 98.6 cm³/mol. The van der Waals surface area contributed by atoms with Crippen molar-refractivity contribution in [1.29, 1.82) is 0 Å². The molecule has 1 aliphatic rings. The van der Waals surface area contributed by atoms with Crippen molar-refractivity contribution in [3.8, 4) is 5.75 Å². The Hall–Kier alpha value is -2.07. The maximum absolute atomic E-state index is 5.48. The number of ether oxygens (including phenoxy) is 1. The molecule has 128 valence electrons. The standard InChI is InChI=1S/C20H27N3O/c1-4-24-19-11-10-17(21-14-19)15-23-12-6-9-20(23)16-7-5-8-18(13-16)22(2)3/h5,7-8,10-11,13-14,20H,4,6,9,12,15H2,1-3H3. The van der Waals surface area contributed by atoms with Crippen LogP contribution in [0, 0.1) is 0 Å². The van der Waals surface area contributed by atoms with Gasteiger partial charge in [-0.25, -0.2) is 0 Å². The van der Waals surface area contributed by atoms with Gasteiger partial charge in [-0.05, 0) is 56.1 Å². The number of rotatable bonds is 6. The average molecular weight is 325 g/mol. The molecule has 1 unspecified atom stereocenters. The number of nitrogens with zero attached hydrogens (tertiary/aromatic N) is 3. The lowest BCUT2D eigenvalue weighted by atomic mass is 10.0. The molecule has 1 saturated heterocycles. The number of hydrogen-bond acceptors (Lipinski definition) is 4. The zero-order valence-electron chi connectivity index (χ0n) is 14.9. The molecule has 4 heteroatoms. The molecule has 1 atom stereocenters. The van der Waals surface area contributed by atoms with E-state index >= 15 is 0 Å². The van der Waals surface area contributed by atoms with Crippen LogP contribution in [0.1, 0.15) is 37.1 Å². The second-order valence-corrected chi connectivity index (χ2v) is 6.54. The Morgan fingerprint density at radius 2 is 2.12 bits per heavy atom. The number of aromatic nitrogens is 1. The summed E-state index contributed by atoms with van der Waals surface area (Å²) in [5.41, 5.74) is 3.78. The van der Waals surface area contributed by atoms with E-state index in [1.165, 1.54) is 24.1 Å². The zero-order chi connectivity index (χ0) is 16.9. The molecule has 24 heavy (non-hydrogen) atoms. The van der Waals surface area contributed by atoms with Crippen LogP contribution in [0.3, 0.4) is 0 Å². The SMILES string of the molecule is CCOc1ccc(CN2CCCC2c2cccc(N(C)C)c2)nc1. The number of anilines is 1. The fourth-order valence-corrected chi connectivity index (χ4v) is 3.37. The fraction of sp³-hybridized carbons (Fsp3) is 0.450. The van der Waals surface area contributed by atoms with Gasteiger partial charge in [0.05, 0.1) is 18.5 Å². The topological polar surface area (TPSA) is 28.6 Å². The van der Waals surface area contributed by atoms with Gasteiger partial charge in [0.1, 0.15) is 5.75 Å². The summed E-state index contributed by atoms with van der Waals surface area (Å²) in [6.45, 7) is 4.69. The molecule has 0 bridgehead atoms. The summed E-state index contributed by atoms with van der Waals surface area (Å²) in [6, 6.07) is 13.5. The third kappa shape index (κ3) is 3.88. The third-order valence-electron chi connectivity index (χ3n) is 4.61. The Labute approximate surface area is 145 Å². The molecule has 0 N–H and O–H groups in total. The van der Waals surface area contributed by atoms with Crippen molar-refractivity contribution in [2.24, 2.45) is 0 Å². The Bertz CT molecular complexity index is 654. The average Bonchev–Trinajstić information content (AvgIpc) is 3.05. The second kappa shape index (κ2) is 7.67. The van der Waals surface area contributed by atoms with Crippen LogP contribution in [-0.4, -0.2) is 37.1 Å². The summed E-state index contributed by atoms with van der Waals surface area (Å²) in [7, 11) is 4.19. The van der Waals surface area contributed by atoms with E-state index in [1.54, 1.807) is 0 Å². The van der Waals surface area contributed by atoms with Crippen LogP contribution >= 0.6 is 0 Å². The van der Waals surface area contributed by atoms with E-state index in [4.69, 9.17) is 4.74 Å². The van der Waals surface area contributed by atoms with Gasteiger partial charge in [-0.2, -0.15) is 0 Å². The third-order valence-corrected chi connectivity index (χ3v) is 4.61. The second-order valence-electron chi connectivity index (χ2n) is 6.54. The lowest BCUT2D eigenvalue weighted by Gasteiger charge is -2.25. The van der Waals surface area contributed by atoms with E-state index < -0.39 is 0 Å². The monoisotopic (exact) mass is 325 g/mol. The van der Waals surface area contributed by atoms with Crippen LogP contribution < -0.4 is 9.64 Å². The van der Waals surface area contributed by atoms with Crippen molar-refractivity contribution < 1.29 is 4.74 Å². The van der Waals surface area contributed by atoms with Gasteiger partial charge in [0.2, 0.25) is 0 Å². The van der Waals surface area contributed by atoms with Crippen LogP contribution in [0.2, 0.25) is 0 Å². The molecule has 3 rings (SSSR count). The summed E-state index contributed by atoms with van der Waals surface area (Å²) in [5, 5.41) is 0. The molecule has 1 aromatic carbocycles. The summed E-state index contributed by atoms with van der Waals surface area (Å²) >= 11 is 0. The van der Waals surface area contributed by atoms with E-state index in [9.17, 15) is 0 Å². The smallest absolute Gasteiger partial charge is 0.137 e. The van der Waals surface area contributed by atoms with Gasteiger partial charge >= 0.3 is 0 Å². The van der Waals surface area contributed by atoms with Gasteiger partial charge in [0.15, 0.2) is 0 Å². The number of benzene rings is 1. The van der Waals surface area contributed by atoms with Gasteiger partial charge in [0.25, 0.3) is 0 Å². The largest absolute Gasteiger partial charge is 0.492 e. The van der Waals surface area contributed by atoms with Crippen LogP contribution in [0.25, 0.3) is 0 Å². The first-order chi connectivity index (χ1) is 11.7. The van der Waals surface area contributed by atoms with Gasteiger partial charge in [-0.1, -0.05) is 12.1 Å². The molecular formula is C20H27N3O. The van der Waals surface area contributed by atoms with Gasteiger partial charge in [-0.3, -0.25) is 9.88 Å².